The molecule has 1 aliphatic heterocycles. The maximum atomic E-state index is 12.5. The number of likely N-dealkylation sites (tertiary alicyclic amines) is 1. The molecule has 1 aromatic heterocycles. The number of carbonyl (C=O) groups is 3. The highest BCUT2D eigenvalue weighted by Gasteiger charge is 2.24. The van der Waals surface area contributed by atoms with E-state index in [4.69, 9.17) is 4.74 Å². The summed E-state index contributed by atoms with van der Waals surface area (Å²) < 4.78 is 7.13. The van der Waals surface area contributed by atoms with Crippen LogP contribution in [0.1, 0.15) is 44.0 Å². The van der Waals surface area contributed by atoms with Gasteiger partial charge in [0.15, 0.2) is 0 Å². The van der Waals surface area contributed by atoms with Crippen LogP contribution in [0.4, 0.5) is 4.79 Å². The van der Waals surface area contributed by atoms with E-state index in [0.29, 0.717) is 31.1 Å². The van der Waals surface area contributed by atoms with Gasteiger partial charge in [-0.05, 0) is 75.9 Å². The molecule has 32 heavy (non-hydrogen) atoms. The lowest BCUT2D eigenvalue weighted by atomic mass is 9.96. The van der Waals surface area contributed by atoms with Crippen LogP contribution in [0.3, 0.4) is 0 Å². The Kier molecular flexibility index (Phi) is 7.56. The Morgan fingerprint density at radius 3 is 2.22 bits per heavy atom. The number of ether oxygens (including phenoxy) is 1. The van der Waals surface area contributed by atoms with E-state index >= 15 is 0 Å². The van der Waals surface area contributed by atoms with E-state index in [-0.39, 0.29) is 18.4 Å². The van der Waals surface area contributed by atoms with E-state index in [1.807, 2.05) is 53.4 Å². The molecular weight excluding hydrogens is 408 g/mol. The normalized spacial score (nSPS) is 14.7. The Labute approximate surface area is 188 Å². The summed E-state index contributed by atoms with van der Waals surface area (Å²) in [6, 6.07) is 11.4. The van der Waals surface area contributed by atoms with Crippen LogP contribution >= 0.6 is 0 Å². The van der Waals surface area contributed by atoms with Crippen LogP contribution in [0, 0.1) is 5.92 Å². The number of hydrogen-bond donors (Lipinski definition) is 2. The summed E-state index contributed by atoms with van der Waals surface area (Å²) in [5.74, 6) is 0.103. The zero-order chi connectivity index (χ0) is 23.1. The topological polar surface area (TPSA) is 92.7 Å². The molecule has 1 aromatic carbocycles. The molecule has 0 spiro atoms. The lowest BCUT2D eigenvalue weighted by Crippen LogP contribution is -2.46. The van der Waals surface area contributed by atoms with Crippen molar-refractivity contribution in [2.45, 2.75) is 39.2 Å². The highest BCUT2D eigenvalue weighted by Crippen LogP contribution is 2.17. The van der Waals surface area contributed by atoms with Crippen molar-refractivity contribution in [3.8, 4) is 5.69 Å². The Morgan fingerprint density at radius 1 is 1.00 bits per heavy atom. The van der Waals surface area contributed by atoms with E-state index in [0.717, 1.165) is 18.5 Å². The molecule has 172 valence electrons. The fourth-order valence-corrected chi connectivity index (χ4v) is 3.59. The Balaban J connectivity index is 1.37. The first-order valence-corrected chi connectivity index (χ1v) is 11.0. The van der Waals surface area contributed by atoms with Crippen molar-refractivity contribution in [2.24, 2.45) is 5.92 Å². The fraction of sp³-hybridized carbons (Fsp3) is 0.458. The minimum absolute atomic E-state index is 0.0741. The molecule has 0 atom stereocenters. The molecular formula is C24H32N4O4. The molecule has 8 heteroatoms. The van der Waals surface area contributed by atoms with Crippen molar-refractivity contribution in [3.63, 3.8) is 0 Å². The zero-order valence-corrected chi connectivity index (χ0v) is 19.0. The van der Waals surface area contributed by atoms with Crippen LogP contribution in [0.15, 0.2) is 48.8 Å². The summed E-state index contributed by atoms with van der Waals surface area (Å²) in [5.41, 5.74) is 1.03. The molecule has 2 heterocycles. The number of hydrogen-bond acceptors (Lipinski definition) is 4. The first-order valence-electron chi connectivity index (χ1n) is 11.0. The molecule has 1 aliphatic rings. The van der Waals surface area contributed by atoms with Crippen LogP contribution in [0.2, 0.25) is 0 Å². The van der Waals surface area contributed by atoms with Crippen molar-refractivity contribution < 1.29 is 19.1 Å². The molecule has 0 unspecified atom stereocenters. The van der Waals surface area contributed by atoms with Gasteiger partial charge in [-0.3, -0.25) is 9.59 Å². The lowest BCUT2D eigenvalue weighted by Gasteiger charge is -2.32. The predicted octanol–water partition coefficient (Wildman–Crippen LogP) is 2.97. The van der Waals surface area contributed by atoms with Gasteiger partial charge in [0.05, 0.1) is 0 Å². The summed E-state index contributed by atoms with van der Waals surface area (Å²) in [6.45, 7) is 7.05. The number of nitrogens with one attached hydrogen (secondary N) is 2. The number of piperidine rings is 1. The third-order valence-corrected chi connectivity index (χ3v) is 5.33. The number of aromatic nitrogens is 1. The highest BCUT2D eigenvalue weighted by atomic mass is 16.6. The highest BCUT2D eigenvalue weighted by molar-refractivity contribution is 5.94. The molecule has 0 saturated carbocycles. The lowest BCUT2D eigenvalue weighted by molar-refractivity contribution is -0.131. The summed E-state index contributed by atoms with van der Waals surface area (Å²) in [7, 11) is 0. The molecule has 0 radical (unpaired) electrons. The van der Waals surface area contributed by atoms with Crippen LogP contribution in [0.5, 0.6) is 0 Å². The van der Waals surface area contributed by atoms with Gasteiger partial charge in [0.1, 0.15) is 12.1 Å². The van der Waals surface area contributed by atoms with Gasteiger partial charge in [0, 0.05) is 43.3 Å². The average Bonchev–Trinajstić information content (AvgIpc) is 3.30. The van der Waals surface area contributed by atoms with Gasteiger partial charge >= 0.3 is 6.09 Å². The molecule has 0 bridgehead atoms. The molecule has 8 nitrogen and oxygen atoms in total. The number of carbonyl (C=O) groups excluding carboxylic acids is 3. The monoisotopic (exact) mass is 440 g/mol. The van der Waals surface area contributed by atoms with Crippen molar-refractivity contribution in [2.75, 3.05) is 26.2 Å². The zero-order valence-electron chi connectivity index (χ0n) is 19.0. The van der Waals surface area contributed by atoms with Gasteiger partial charge in [-0.1, -0.05) is 0 Å². The maximum absolute atomic E-state index is 12.5. The summed E-state index contributed by atoms with van der Waals surface area (Å²) in [4.78, 5) is 38.2. The standard InChI is InChI=1S/C24H32N4O4/c1-24(2,3)32-23(31)26-17-21(29)28-14-10-18(11-15-28)16-25-22(30)19-6-8-20(9-7-19)27-12-4-5-13-27/h4-9,12-13,18H,10-11,14-17H2,1-3H3,(H,25,30)(H,26,31). The van der Waals surface area contributed by atoms with Gasteiger partial charge in [0.25, 0.3) is 5.91 Å². The summed E-state index contributed by atoms with van der Waals surface area (Å²) >= 11 is 0. The van der Waals surface area contributed by atoms with Crippen molar-refractivity contribution in [1.82, 2.24) is 20.1 Å². The Bertz CT molecular complexity index is 908. The second kappa shape index (κ2) is 10.3. The van der Waals surface area contributed by atoms with Crippen molar-refractivity contribution in [1.29, 1.82) is 0 Å². The average molecular weight is 441 g/mol. The SMILES string of the molecule is CC(C)(C)OC(=O)NCC(=O)N1CCC(CNC(=O)c2ccc(-n3cccc3)cc2)CC1. The molecule has 0 aliphatic carbocycles. The smallest absolute Gasteiger partial charge is 0.408 e. The number of rotatable bonds is 6. The first kappa shape index (κ1) is 23.4. The number of amides is 3. The summed E-state index contributed by atoms with van der Waals surface area (Å²) in [5, 5.41) is 5.51. The first-order chi connectivity index (χ1) is 15.2. The van der Waals surface area contributed by atoms with Crippen LogP contribution < -0.4 is 10.6 Å². The fourth-order valence-electron chi connectivity index (χ4n) is 3.59. The van der Waals surface area contributed by atoms with E-state index in [1.54, 1.807) is 25.7 Å². The third-order valence-electron chi connectivity index (χ3n) is 5.33. The quantitative estimate of drug-likeness (QED) is 0.722. The van der Waals surface area contributed by atoms with Crippen molar-refractivity contribution >= 4 is 17.9 Å². The van der Waals surface area contributed by atoms with Crippen LogP contribution in [0.25, 0.3) is 5.69 Å². The van der Waals surface area contributed by atoms with Crippen LogP contribution in [-0.2, 0) is 9.53 Å². The van der Waals surface area contributed by atoms with Gasteiger partial charge < -0.3 is 24.8 Å². The van der Waals surface area contributed by atoms with E-state index in [9.17, 15) is 14.4 Å². The molecule has 2 N–H and O–H groups in total. The molecule has 2 aromatic rings. The van der Waals surface area contributed by atoms with Gasteiger partial charge in [-0.2, -0.15) is 0 Å². The molecule has 1 saturated heterocycles. The molecule has 3 amide bonds. The second-order valence-corrected chi connectivity index (χ2v) is 9.03. The Morgan fingerprint density at radius 2 is 1.62 bits per heavy atom. The summed E-state index contributed by atoms with van der Waals surface area (Å²) in [6.07, 6.45) is 4.94. The minimum Gasteiger partial charge on any atom is -0.444 e. The van der Waals surface area contributed by atoms with Gasteiger partial charge in [-0.15, -0.1) is 0 Å². The number of alkyl carbamates (subject to hydrolysis) is 1. The maximum Gasteiger partial charge on any atom is 0.408 e. The van der Waals surface area contributed by atoms with E-state index in [2.05, 4.69) is 10.6 Å². The molecule has 3 rings (SSSR count). The number of benzene rings is 1. The van der Waals surface area contributed by atoms with E-state index in [1.165, 1.54) is 0 Å². The Hall–Kier alpha value is -3.29. The van der Waals surface area contributed by atoms with E-state index < -0.39 is 11.7 Å². The second-order valence-electron chi connectivity index (χ2n) is 9.03. The van der Waals surface area contributed by atoms with Gasteiger partial charge in [0.2, 0.25) is 5.91 Å². The minimum atomic E-state index is -0.597. The predicted molar refractivity (Wildman–Crippen MR) is 122 cm³/mol. The third kappa shape index (κ3) is 6.87. The van der Waals surface area contributed by atoms with Crippen molar-refractivity contribution in [3.05, 3.63) is 54.4 Å². The van der Waals surface area contributed by atoms with Crippen LogP contribution in [-0.4, -0.2) is 59.2 Å². The van der Waals surface area contributed by atoms with Gasteiger partial charge in [-0.25, -0.2) is 4.79 Å². The molecule has 1 fully saturated rings. The largest absolute Gasteiger partial charge is 0.444 e. The number of nitrogens with zero attached hydrogens (tertiary/aromatic N) is 2.